The van der Waals surface area contributed by atoms with Crippen LogP contribution in [0.4, 0.5) is 10.1 Å². The van der Waals surface area contributed by atoms with Crippen LogP contribution in [0, 0.1) is 23.1 Å². The molecule has 1 heterocycles. The molecule has 1 aromatic rings. The van der Waals surface area contributed by atoms with Crippen molar-refractivity contribution in [3.63, 3.8) is 0 Å². The Hall–Kier alpha value is -1.54. The van der Waals surface area contributed by atoms with E-state index in [4.69, 9.17) is 5.26 Å². The molecule has 0 bridgehead atoms. The quantitative estimate of drug-likeness (QED) is 0.898. The van der Waals surface area contributed by atoms with Crippen molar-refractivity contribution in [2.75, 3.05) is 11.1 Å². The topological polar surface area (TPSA) is 48.2 Å². The highest BCUT2D eigenvalue weighted by atomic mass is 32.2. The molecule has 100 valence electrons. The summed E-state index contributed by atoms with van der Waals surface area (Å²) in [6.45, 7) is 4.29. The smallest absolute Gasteiger partial charge is 0.161 e. The van der Waals surface area contributed by atoms with Gasteiger partial charge in [-0.05, 0) is 30.5 Å². The van der Waals surface area contributed by atoms with Crippen molar-refractivity contribution < 1.29 is 4.39 Å². The molecule has 0 radical (unpaired) electrons. The molecule has 0 saturated heterocycles. The monoisotopic (exact) mass is 277 g/mol. The molecule has 1 aliphatic rings. The van der Waals surface area contributed by atoms with E-state index in [1.165, 1.54) is 6.07 Å². The fourth-order valence-electron chi connectivity index (χ4n) is 1.88. The molecule has 1 N–H and O–H groups in total. The molecule has 19 heavy (non-hydrogen) atoms. The number of hydrogen-bond acceptors (Lipinski definition) is 4. The number of rotatable bonds is 2. The molecule has 1 aliphatic heterocycles. The number of amidine groups is 1. The predicted molar refractivity (Wildman–Crippen MR) is 77.9 cm³/mol. The van der Waals surface area contributed by atoms with Crippen LogP contribution in [0.25, 0.3) is 0 Å². The minimum Gasteiger partial charge on any atom is -0.333 e. The van der Waals surface area contributed by atoms with Crippen LogP contribution < -0.4 is 5.32 Å². The largest absolute Gasteiger partial charge is 0.333 e. The number of aliphatic imine (C=N–C) groups is 1. The van der Waals surface area contributed by atoms with Gasteiger partial charge < -0.3 is 5.32 Å². The maximum absolute atomic E-state index is 13.8. The van der Waals surface area contributed by atoms with Gasteiger partial charge in [-0.1, -0.05) is 25.6 Å². The second kappa shape index (κ2) is 6.07. The third kappa shape index (κ3) is 3.48. The van der Waals surface area contributed by atoms with E-state index in [0.717, 1.165) is 17.3 Å². The lowest BCUT2D eigenvalue weighted by Crippen LogP contribution is -2.24. The molecule has 5 heteroatoms. The normalized spacial score (nSPS) is 18.9. The first-order chi connectivity index (χ1) is 9.10. The van der Waals surface area contributed by atoms with E-state index in [1.807, 2.05) is 6.07 Å². The lowest BCUT2D eigenvalue weighted by atomic mass is 10.0. The molecule has 1 aromatic carbocycles. The van der Waals surface area contributed by atoms with Crippen molar-refractivity contribution in [2.45, 2.75) is 26.3 Å². The average Bonchev–Trinajstić information content (AvgIpc) is 2.41. The van der Waals surface area contributed by atoms with Crippen LogP contribution in [0.3, 0.4) is 0 Å². The van der Waals surface area contributed by atoms with Gasteiger partial charge in [-0.25, -0.2) is 4.39 Å². The zero-order chi connectivity index (χ0) is 13.8. The Morgan fingerprint density at radius 3 is 2.95 bits per heavy atom. The van der Waals surface area contributed by atoms with Gasteiger partial charge in [-0.3, -0.25) is 4.99 Å². The molecular formula is C14H16FN3S. The number of anilines is 1. The molecule has 0 aromatic heterocycles. The molecule has 1 unspecified atom stereocenters. The third-order valence-corrected chi connectivity index (χ3v) is 3.97. The van der Waals surface area contributed by atoms with Crippen LogP contribution in [-0.2, 0) is 0 Å². The fourth-order valence-corrected chi connectivity index (χ4v) is 2.83. The van der Waals surface area contributed by atoms with Crippen molar-refractivity contribution in [1.82, 2.24) is 0 Å². The Morgan fingerprint density at radius 1 is 1.53 bits per heavy atom. The summed E-state index contributed by atoms with van der Waals surface area (Å²) in [4.78, 5) is 4.60. The summed E-state index contributed by atoms with van der Waals surface area (Å²) in [5, 5.41) is 12.5. The third-order valence-electron chi connectivity index (χ3n) is 3.04. The number of nitrogens with one attached hydrogen (secondary N) is 1. The van der Waals surface area contributed by atoms with Crippen molar-refractivity contribution in [2.24, 2.45) is 10.9 Å². The summed E-state index contributed by atoms with van der Waals surface area (Å²) in [6.07, 6.45) is 1.06. The van der Waals surface area contributed by atoms with Gasteiger partial charge in [0, 0.05) is 5.75 Å². The lowest BCUT2D eigenvalue weighted by Gasteiger charge is -2.23. The minimum atomic E-state index is -0.422. The summed E-state index contributed by atoms with van der Waals surface area (Å²) in [6, 6.07) is 6.62. The maximum atomic E-state index is 13.8. The number of halogens is 1. The molecule has 0 fully saturated rings. The number of thioether (sulfide) groups is 1. The molecule has 0 spiro atoms. The first-order valence-electron chi connectivity index (χ1n) is 6.27. The predicted octanol–water partition coefficient (Wildman–Crippen LogP) is 3.63. The number of nitriles is 1. The van der Waals surface area contributed by atoms with Crippen molar-refractivity contribution in [3.05, 3.63) is 29.6 Å². The highest BCUT2D eigenvalue weighted by Crippen LogP contribution is 2.24. The van der Waals surface area contributed by atoms with Gasteiger partial charge in [0.2, 0.25) is 0 Å². The van der Waals surface area contributed by atoms with Crippen molar-refractivity contribution in [3.8, 4) is 6.07 Å². The minimum absolute atomic E-state index is 0.296. The maximum Gasteiger partial charge on any atom is 0.161 e. The number of benzene rings is 1. The Morgan fingerprint density at radius 2 is 2.32 bits per heavy atom. The highest BCUT2D eigenvalue weighted by molar-refractivity contribution is 8.14. The van der Waals surface area contributed by atoms with Crippen LogP contribution in [0.15, 0.2) is 23.2 Å². The Kier molecular flexibility index (Phi) is 4.43. The zero-order valence-electron chi connectivity index (χ0n) is 11.0. The lowest BCUT2D eigenvalue weighted by molar-refractivity contribution is 0.485. The van der Waals surface area contributed by atoms with E-state index in [1.54, 1.807) is 23.9 Å². The first kappa shape index (κ1) is 13.9. The Bertz CT molecular complexity index is 534. The first-order valence-corrected chi connectivity index (χ1v) is 7.26. The van der Waals surface area contributed by atoms with Crippen LogP contribution >= 0.6 is 11.8 Å². The molecule has 0 saturated carbocycles. The van der Waals surface area contributed by atoms with Crippen LogP contribution in [-0.4, -0.2) is 17.0 Å². The second-order valence-electron chi connectivity index (χ2n) is 4.81. The summed E-state index contributed by atoms with van der Waals surface area (Å²) in [5.41, 5.74) is 0.691. The van der Waals surface area contributed by atoms with Gasteiger partial charge in [-0.15, -0.1) is 0 Å². The molecule has 1 atom stereocenters. The molecule has 0 aliphatic carbocycles. The summed E-state index contributed by atoms with van der Waals surface area (Å²) in [7, 11) is 0. The van der Waals surface area contributed by atoms with E-state index >= 15 is 0 Å². The summed E-state index contributed by atoms with van der Waals surface area (Å²) in [5.74, 6) is 1.06. The van der Waals surface area contributed by atoms with E-state index in [0.29, 0.717) is 23.2 Å². The zero-order valence-corrected chi connectivity index (χ0v) is 11.8. The van der Waals surface area contributed by atoms with Crippen molar-refractivity contribution in [1.29, 1.82) is 5.26 Å². The molecular weight excluding hydrogens is 261 g/mol. The summed E-state index contributed by atoms with van der Waals surface area (Å²) < 4.78 is 13.8. The molecule has 0 amide bonds. The van der Waals surface area contributed by atoms with Gasteiger partial charge in [0.05, 0.1) is 23.4 Å². The van der Waals surface area contributed by atoms with Crippen LogP contribution in [0.2, 0.25) is 0 Å². The number of hydrogen-bond donors (Lipinski definition) is 1. The van der Waals surface area contributed by atoms with Gasteiger partial charge in [0.25, 0.3) is 0 Å². The van der Waals surface area contributed by atoms with Crippen LogP contribution in [0.1, 0.15) is 25.8 Å². The second-order valence-corrected chi connectivity index (χ2v) is 5.90. The van der Waals surface area contributed by atoms with Gasteiger partial charge in [0.15, 0.2) is 5.17 Å². The number of nitrogens with zero attached hydrogens (tertiary/aromatic N) is 2. The summed E-state index contributed by atoms with van der Waals surface area (Å²) >= 11 is 1.61. The van der Waals surface area contributed by atoms with Gasteiger partial charge >= 0.3 is 0 Å². The molecule has 2 rings (SSSR count). The highest BCUT2D eigenvalue weighted by Gasteiger charge is 2.19. The Balaban J connectivity index is 2.15. The fraction of sp³-hybridized carbons (Fsp3) is 0.429. The van der Waals surface area contributed by atoms with E-state index in [-0.39, 0.29) is 0 Å². The van der Waals surface area contributed by atoms with E-state index in [9.17, 15) is 4.39 Å². The van der Waals surface area contributed by atoms with Crippen LogP contribution in [0.5, 0.6) is 0 Å². The van der Waals surface area contributed by atoms with Crippen molar-refractivity contribution >= 4 is 22.6 Å². The van der Waals surface area contributed by atoms with E-state index in [2.05, 4.69) is 24.2 Å². The SMILES string of the molecule is CC(C)C1CCSC(Nc2ccc(C#N)cc2F)=N1. The average molecular weight is 277 g/mol. The Labute approximate surface area is 116 Å². The van der Waals surface area contributed by atoms with Gasteiger partial charge in [-0.2, -0.15) is 5.26 Å². The van der Waals surface area contributed by atoms with Gasteiger partial charge in [0.1, 0.15) is 5.82 Å². The van der Waals surface area contributed by atoms with E-state index < -0.39 is 5.82 Å². The standard InChI is InChI=1S/C14H16FN3S/c1-9(2)12-5-6-19-14(17-12)18-13-4-3-10(8-16)7-11(13)15/h3-4,7,9,12H,5-6H2,1-2H3,(H,17,18). The molecule has 3 nitrogen and oxygen atoms in total.